The van der Waals surface area contributed by atoms with E-state index in [1.54, 1.807) is 36.4 Å². The standard InChI is InChI=1S/C13H11FN2O/c14-13-11(5-6-12(15)16-13)10-3-1-9(2-4-10)7-8-17/h1-6,8H,7H2,(H2,15,16). The van der Waals surface area contributed by atoms with Crippen LogP contribution in [0.5, 0.6) is 0 Å². The molecule has 3 nitrogen and oxygen atoms in total. The number of benzene rings is 1. The zero-order valence-electron chi connectivity index (χ0n) is 9.06. The first-order valence-electron chi connectivity index (χ1n) is 5.15. The van der Waals surface area contributed by atoms with E-state index in [-0.39, 0.29) is 5.82 Å². The number of carbonyl (C=O) groups is 1. The number of nitrogen functional groups attached to an aromatic ring is 1. The molecule has 4 heteroatoms. The molecule has 1 aromatic carbocycles. The fourth-order valence-electron chi connectivity index (χ4n) is 1.58. The summed E-state index contributed by atoms with van der Waals surface area (Å²) in [5.41, 5.74) is 7.39. The molecule has 0 bridgehead atoms. The third-order valence-electron chi connectivity index (χ3n) is 2.45. The van der Waals surface area contributed by atoms with E-state index < -0.39 is 5.95 Å². The van der Waals surface area contributed by atoms with Gasteiger partial charge in [-0.25, -0.2) is 4.98 Å². The number of nitrogens with zero attached hydrogens (tertiary/aromatic N) is 1. The molecule has 0 aliphatic heterocycles. The molecule has 0 aliphatic rings. The Morgan fingerprint density at radius 3 is 2.47 bits per heavy atom. The van der Waals surface area contributed by atoms with Gasteiger partial charge >= 0.3 is 0 Å². The van der Waals surface area contributed by atoms with Crippen LogP contribution in [0.25, 0.3) is 11.1 Å². The molecule has 1 heterocycles. The Hall–Kier alpha value is -2.23. The van der Waals surface area contributed by atoms with Crippen LogP contribution in [0.2, 0.25) is 0 Å². The predicted octanol–water partition coefficient (Wildman–Crippen LogP) is 2.21. The third-order valence-corrected chi connectivity index (χ3v) is 2.45. The number of nitrogens with two attached hydrogens (primary N) is 1. The van der Waals surface area contributed by atoms with Crippen LogP contribution in [0.1, 0.15) is 5.56 Å². The molecule has 0 unspecified atom stereocenters. The van der Waals surface area contributed by atoms with Gasteiger partial charge in [-0.05, 0) is 23.3 Å². The zero-order valence-corrected chi connectivity index (χ0v) is 9.06. The Balaban J connectivity index is 2.36. The lowest BCUT2D eigenvalue weighted by molar-refractivity contribution is -0.107. The van der Waals surface area contributed by atoms with Crippen LogP contribution in [0, 0.1) is 5.95 Å². The number of rotatable bonds is 3. The molecule has 2 N–H and O–H groups in total. The third kappa shape index (κ3) is 2.47. The molecule has 2 aromatic rings. The minimum Gasteiger partial charge on any atom is -0.384 e. The fraction of sp³-hybridized carbons (Fsp3) is 0.0769. The first kappa shape index (κ1) is 11.3. The van der Waals surface area contributed by atoms with Crippen LogP contribution < -0.4 is 5.73 Å². The van der Waals surface area contributed by atoms with Crippen molar-refractivity contribution in [3.05, 3.63) is 47.9 Å². The van der Waals surface area contributed by atoms with Crippen LogP contribution in [0.3, 0.4) is 0 Å². The molecular weight excluding hydrogens is 219 g/mol. The van der Waals surface area contributed by atoms with E-state index >= 15 is 0 Å². The van der Waals surface area contributed by atoms with E-state index in [1.165, 1.54) is 0 Å². The molecule has 0 fully saturated rings. The summed E-state index contributed by atoms with van der Waals surface area (Å²) in [6, 6.07) is 10.2. The van der Waals surface area contributed by atoms with E-state index in [0.717, 1.165) is 11.8 Å². The summed E-state index contributed by atoms with van der Waals surface area (Å²) in [6.45, 7) is 0. The molecule has 17 heavy (non-hydrogen) atoms. The van der Waals surface area contributed by atoms with Gasteiger partial charge < -0.3 is 10.5 Å². The largest absolute Gasteiger partial charge is 0.384 e. The van der Waals surface area contributed by atoms with Gasteiger partial charge in [-0.15, -0.1) is 0 Å². The van der Waals surface area contributed by atoms with Gasteiger partial charge in [-0.3, -0.25) is 0 Å². The summed E-state index contributed by atoms with van der Waals surface area (Å²) in [5.74, 6) is -0.433. The van der Waals surface area contributed by atoms with Gasteiger partial charge in [0, 0.05) is 12.0 Å². The Kier molecular flexibility index (Phi) is 3.14. The quantitative estimate of drug-likeness (QED) is 0.649. The minimum absolute atomic E-state index is 0.156. The number of halogens is 1. The molecule has 0 amide bonds. The van der Waals surface area contributed by atoms with E-state index in [0.29, 0.717) is 17.5 Å². The minimum atomic E-state index is -0.590. The van der Waals surface area contributed by atoms with Crippen molar-refractivity contribution >= 4 is 12.1 Å². The first-order chi connectivity index (χ1) is 8.20. The van der Waals surface area contributed by atoms with Crippen molar-refractivity contribution in [3.8, 4) is 11.1 Å². The lowest BCUT2D eigenvalue weighted by atomic mass is 10.0. The number of hydrogen-bond acceptors (Lipinski definition) is 3. The summed E-state index contributed by atoms with van der Waals surface area (Å²) < 4.78 is 13.5. The SMILES string of the molecule is Nc1ccc(-c2ccc(CC=O)cc2)c(F)n1. The lowest BCUT2D eigenvalue weighted by Crippen LogP contribution is -1.95. The number of pyridine rings is 1. The maximum absolute atomic E-state index is 13.5. The maximum Gasteiger partial charge on any atom is 0.222 e. The molecule has 0 spiro atoms. The van der Waals surface area contributed by atoms with Crippen molar-refractivity contribution in [1.82, 2.24) is 4.98 Å². The maximum atomic E-state index is 13.5. The molecular formula is C13H11FN2O. The second-order valence-corrected chi connectivity index (χ2v) is 3.64. The van der Waals surface area contributed by atoms with Gasteiger partial charge in [0.2, 0.25) is 5.95 Å². The molecule has 0 atom stereocenters. The normalized spacial score (nSPS) is 10.2. The van der Waals surface area contributed by atoms with Crippen LogP contribution in [0.4, 0.5) is 10.2 Å². The molecule has 2 rings (SSSR count). The van der Waals surface area contributed by atoms with Gasteiger partial charge in [0.25, 0.3) is 0 Å². The zero-order chi connectivity index (χ0) is 12.3. The number of aldehydes is 1. The highest BCUT2D eigenvalue weighted by atomic mass is 19.1. The van der Waals surface area contributed by atoms with Crippen LogP contribution >= 0.6 is 0 Å². The molecule has 0 aliphatic carbocycles. The monoisotopic (exact) mass is 230 g/mol. The Morgan fingerprint density at radius 2 is 1.88 bits per heavy atom. The molecule has 1 aromatic heterocycles. The summed E-state index contributed by atoms with van der Waals surface area (Å²) in [6.07, 6.45) is 1.20. The van der Waals surface area contributed by atoms with Crippen molar-refractivity contribution < 1.29 is 9.18 Å². The van der Waals surface area contributed by atoms with Crippen LogP contribution in [-0.2, 0) is 11.2 Å². The van der Waals surface area contributed by atoms with Crippen LogP contribution in [0.15, 0.2) is 36.4 Å². The van der Waals surface area contributed by atoms with E-state index in [9.17, 15) is 9.18 Å². The number of hydrogen-bond donors (Lipinski definition) is 1. The summed E-state index contributed by atoms with van der Waals surface area (Å²) in [4.78, 5) is 13.9. The van der Waals surface area contributed by atoms with Gasteiger partial charge in [-0.1, -0.05) is 24.3 Å². The number of carbonyl (C=O) groups excluding carboxylic acids is 1. The van der Waals surface area contributed by atoms with Gasteiger partial charge in [0.15, 0.2) is 0 Å². The highest BCUT2D eigenvalue weighted by Gasteiger charge is 2.06. The second kappa shape index (κ2) is 4.74. The van der Waals surface area contributed by atoms with Crippen LogP contribution in [-0.4, -0.2) is 11.3 Å². The number of aromatic nitrogens is 1. The van der Waals surface area contributed by atoms with E-state index in [1.807, 2.05) is 0 Å². The highest BCUT2D eigenvalue weighted by Crippen LogP contribution is 2.22. The van der Waals surface area contributed by atoms with Gasteiger partial charge in [-0.2, -0.15) is 4.39 Å². The van der Waals surface area contributed by atoms with Crippen molar-refractivity contribution in [2.45, 2.75) is 6.42 Å². The average Bonchev–Trinajstić information content (AvgIpc) is 2.31. The van der Waals surface area contributed by atoms with Crippen molar-refractivity contribution in [3.63, 3.8) is 0 Å². The topological polar surface area (TPSA) is 56.0 Å². The predicted molar refractivity (Wildman–Crippen MR) is 63.8 cm³/mol. The Bertz CT molecular complexity index is 538. The fourth-order valence-corrected chi connectivity index (χ4v) is 1.58. The first-order valence-corrected chi connectivity index (χ1v) is 5.15. The van der Waals surface area contributed by atoms with E-state index in [2.05, 4.69) is 4.98 Å². The molecule has 86 valence electrons. The van der Waals surface area contributed by atoms with Gasteiger partial charge in [0.1, 0.15) is 12.1 Å². The highest BCUT2D eigenvalue weighted by molar-refractivity contribution is 5.65. The smallest absolute Gasteiger partial charge is 0.222 e. The van der Waals surface area contributed by atoms with Crippen molar-refractivity contribution in [2.75, 3.05) is 5.73 Å². The molecule has 0 radical (unpaired) electrons. The summed E-state index contributed by atoms with van der Waals surface area (Å²) in [7, 11) is 0. The molecule has 0 saturated carbocycles. The van der Waals surface area contributed by atoms with E-state index in [4.69, 9.17) is 5.73 Å². The van der Waals surface area contributed by atoms with Crippen molar-refractivity contribution in [2.24, 2.45) is 0 Å². The molecule has 0 saturated heterocycles. The Labute approximate surface area is 98.1 Å². The summed E-state index contributed by atoms with van der Waals surface area (Å²) in [5, 5.41) is 0. The number of anilines is 1. The second-order valence-electron chi connectivity index (χ2n) is 3.64. The Morgan fingerprint density at radius 1 is 1.18 bits per heavy atom. The summed E-state index contributed by atoms with van der Waals surface area (Å²) >= 11 is 0. The average molecular weight is 230 g/mol. The van der Waals surface area contributed by atoms with Gasteiger partial charge in [0.05, 0.1) is 0 Å². The van der Waals surface area contributed by atoms with Crippen molar-refractivity contribution in [1.29, 1.82) is 0 Å². The lowest BCUT2D eigenvalue weighted by Gasteiger charge is -2.04.